The van der Waals surface area contributed by atoms with Gasteiger partial charge >= 0.3 is 0 Å². The van der Waals surface area contributed by atoms with Crippen LogP contribution in [0.1, 0.15) is 5.56 Å². The summed E-state index contributed by atoms with van der Waals surface area (Å²) in [6.07, 6.45) is 0. The van der Waals surface area contributed by atoms with Crippen molar-refractivity contribution in [3.05, 3.63) is 58.1 Å². The van der Waals surface area contributed by atoms with E-state index in [0.29, 0.717) is 11.8 Å². The molecule has 6 heteroatoms. The minimum absolute atomic E-state index is 0.168. The lowest BCUT2D eigenvalue weighted by Gasteiger charge is -2.09. The molecule has 110 valence electrons. The van der Waals surface area contributed by atoms with Crippen LogP contribution in [0.4, 0.5) is 14.5 Å². The number of ether oxygens (including phenoxy) is 1. The van der Waals surface area contributed by atoms with Crippen molar-refractivity contribution >= 4 is 27.5 Å². The van der Waals surface area contributed by atoms with E-state index in [4.69, 9.17) is 4.74 Å². The molecule has 0 aliphatic rings. The van der Waals surface area contributed by atoms with Crippen LogP contribution in [0.3, 0.4) is 0 Å². The Labute approximate surface area is 129 Å². The van der Waals surface area contributed by atoms with Crippen LogP contribution in [0.5, 0.6) is 5.75 Å². The van der Waals surface area contributed by atoms with Crippen LogP contribution < -0.4 is 10.1 Å². The number of nitrogens with one attached hydrogen (secondary N) is 1. The van der Waals surface area contributed by atoms with E-state index in [2.05, 4.69) is 21.2 Å². The summed E-state index contributed by atoms with van der Waals surface area (Å²) in [5.74, 6) is -2.14. The van der Waals surface area contributed by atoms with E-state index in [0.717, 1.165) is 22.2 Å². The lowest BCUT2D eigenvalue weighted by molar-refractivity contribution is -0.118. The van der Waals surface area contributed by atoms with E-state index in [1.54, 1.807) is 12.1 Å². The van der Waals surface area contributed by atoms with Crippen LogP contribution in [-0.2, 0) is 4.79 Å². The molecule has 0 unspecified atom stereocenters. The number of anilines is 1. The molecule has 0 radical (unpaired) electrons. The SMILES string of the molecule is Cc1cc(NC(=O)COc2ccc(F)cc2F)ccc1Br. The Bertz CT molecular complexity index is 677. The lowest BCUT2D eigenvalue weighted by atomic mass is 10.2. The molecular formula is C15H12BrF2NO2. The van der Waals surface area contributed by atoms with Gasteiger partial charge in [-0.1, -0.05) is 15.9 Å². The minimum Gasteiger partial charge on any atom is -0.481 e. The van der Waals surface area contributed by atoms with E-state index in [1.807, 2.05) is 13.0 Å². The molecule has 0 heterocycles. The first kappa shape index (κ1) is 15.4. The second-order valence-electron chi connectivity index (χ2n) is 4.38. The monoisotopic (exact) mass is 355 g/mol. The van der Waals surface area contributed by atoms with Crippen LogP contribution in [0.25, 0.3) is 0 Å². The summed E-state index contributed by atoms with van der Waals surface area (Å²) in [4.78, 5) is 11.7. The maximum Gasteiger partial charge on any atom is 0.262 e. The summed E-state index contributed by atoms with van der Waals surface area (Å²) in [6, 6.07) is 8.24. The van der Waals surface area contributed by atoms with Gasteiger partial charge in [-0.25, -0.2) is 8.78 Å². The van der Waals surface area contributed by atoms with Gasteiger partial charge in [0.2, 0.25) is 0 Å². The Balaban J connectivity index is 1.94. The van der Waals surface area contributed by atoms with Crippen molar-refractivity contribution in [3.63, 3.8) is 0 Å². The van der Waals surface area contributed by atoms with E-state index in [1.165, 1.54) is 0 Å². The Kier molecular flexibility index (Phi) is 4.90. The van der Waals surface area contributed by atoms with Crippen LogP contribution >= 0.6 is 15.9 Å². The first-order valence-electron chi connectivity index (χ1n) is 6.09. The highest BCUT2D eigenvalue weighted by Crippen LogP contribution is 2.20. The molecule has 21 heavy (non-hydrogen) atoms. The van der Waals surface area contributed by atoms with Crippen molar-refractivity contribution in [2.24, 2.45) is 0 Å². The van der Waals surface area contributed by atoms with Crippen molar-refractivity contribution in [1.82, 2.24) is 0 Å². The molecule has 2 rings (SSSR count). The van der Waals surface area contributed by atoms with Gasteiger partial charge in [0.15, 0.2) is 18.2 Å². The summed E-state index contributed by atoms with van der Waals surface area (Å²) in [7, 11) is 0. The standard InChI is InChI=1S/C15H12BrF2NO2/c1-9-6-11(3-4-12(9)16)19-15(20)8-21-14-5-2-10(17)7-13(14)18/h2-7H,8H2,1H3,(H,19,20). The van der Waals surface area contributed by atoms with E-state index in [-0.39, 0.29) is 12.4 Å². The van der Waals surface area contributed by atoms with Gasteiger partial charge in [-0.05, 0) is 42.8 Å². The van der Waals surface area contributed by atoms with Crippen molar-refractivity contribution in [3.8, 4) is 5.75 Å². The maximum atomic E-state index is 13.3. The smallest absolute Gasteiger partial charge is 0.262 e. The molecule has 1 N–H and O–H groups in total. The summed E-state index contributed by atoms with van der Waals surface area (Å²) in [5.41, 5.74) is 1.59. The zero-order valence-electron chi connectivity index (χ0n) is 11.1. The molecule has 0 aromatic heterocycles. The predicted molar refractivity (Wildman–Crippen MR) is 79.4 cm³/mol. The van der Waals surface area contributed by atoms with E-state index >= 15 is 0 Å². The van der Waals surface area contributed by atoms with Gasteiger partial charge < -0.3 is 10.1 Å². The number of aryl methyl sites for hydroxylation is 1. The Hall–Kier alpha value is -1.95. The quantitative estimate of drug-likeness (QED) is 0.898. The number of halogens is 3. The summed E-state index contributed by atoms with van der Waals surface area (Å²) in [6.45, 7) is 1.53. The first-order chi connectivity index (χ1) is 9.95. The maximum absolute atomic E-state index is 13.3. The number of carbonyl (C=O) groups is 1. The molecule has 1 amide bonds. The molecule has 0 spiro atoms. The fourth-order valence-electron chi connectivity index (χ4n) is 1.66. The molecule has 0 aliphatic carbocycles. The van der Waals surface area contributed by atoms with Crippen LogP contribution in [-0.4, -0.2) is 12.5 Å². The zero-order valence-corrected chi connectivity index (χ0v) is 12.7. The average molecular weight is 356 g/mol. The zero-order chi connectivity index (χ0) is 15.4. The third-order valence-corrected chi connectivity index (χ3v) is 3.58. The number of carbonyl (C=O) groups excluding carboxylic acids is 1. The van der Waals surface area contributed by atoms with Crippen LogP contribution in [0.15, 0.2) is 40.9 Å². The third-order valence-electron chi connectivity index (χ3n) is 2.69. The molecule has 0 aliphatic heterocycles. The molecule has 3 nitrogen and oxygen atoms in total. The van der Waals surface area contributed by atoms with Crippen LogP contribution in [0.2, 0.25) is 0 Å². The van der Waals surface area contributed by atoms with Crippen molar-refractivity contribution < 1.29 is 18.3 Å². The molecular weight excluding hydrogens is 344 g/mol. The molecule has 0 saturated heterocycles. The fraction of sp³-hybridized carbons (Fsp3) is 0.133. The molecule has 0 bridgehead atoms. The number of hydrogen-bond donors (Lipinski definition) is 1. The van der Waals surface area contributed by atoms with E-state index in [9.17, 15) is 13.6 Å². The number of rotatable bonds is 4. The largest absolute Gasteiger partial charge is 0.481 e. The number of amides is 1. The fourth-order valence-corrected chi connectivity index (χ4v) is 1.90. The number of hydrogen-bond acceptors (Lipinski definition) is 2. The minimum atomic E-state index is -0.845. The molecule has 2 aromatic carbocycles. The molecule has 0 atom stereocenters. The Morgan fingerprint density at radius 2 is 2.00 bits per heavy atom. The summed E-state index contributed by atoms with van der Waals surface area (Å²) >= 11 is 3.36. The van der Waals surface area contributed by atoms with Gasteiger partial charge in [-0.3, -0.25) is 4.79 Å². The third kappa shape index (κ3) is 4.26. The van der Waals surface area contributed by atoms with Gasteiger partial charge in [0.25, 0.3) is 5.91 Å². The topological polar surface area (TPSA) is 38.3 Å². The predicted octanol–water partition coefficient (Wildman–Crippen LogP) is 4.05. The van der Waals surface area contributed by atoms with Crippen LogP contribution in [0, 0.1) is 18.6 Å². The van der Waals surface area contributed by atoms with E-state index < -0.39 is 17.5 Å². The Morgan fingerprint density at radius 1 is 1.24 bits per heavy atom. The lowest BCUT2D eigenvalue weighted by Crippen LogP contribution is -2.20. The van der Waals surface area contributed by atoms with Gasteiger partial charge in [-0.15, -0.1) is 0 Å². The molecule has 2 aromatic rings. The summed E-state index contributed by atoms with van der Waals surface area (Å²) < 4.78 is 32.0. The van der Waals surface area contributed by atoms with Gasteiger partial charge in [-0.2, -0.15) is 0 Å². The Morgan fingerprint density at radius 3 is 2.67 bits per heavy atom. The highest BCUT2D eigenvalue weighted by atomic mass is 79.9. The van der Waals surface area contributed by atoms with Gasteiger partial charge in [0.05, 0.1) is 0 Å². The highest BCUT2D eigenvalue weighted by molar-refractivity contribution is 9.10. The normalized spacial score (nSPS) is 10.3. The highest BCUT2D eigenvalue weighted by Gasteiger charge is 2.08. The first-order valence-corrected chi connectivity index (χ1v) is 6.89. The molecule has 0 saturated carbocycles. The van der Waals surface area contributed by atoms with Crippen molar-refractivity contribution in [1.29, 1.82) is 0 Å². The van der Waals surface area contributed by atoms with Gasteiger partial charge in [0.1, 0.15) is 5.82 Å². The van der Waals surface area contributed by atoms with Crippen molar-refractivity contribution in [2.45, 2.75) is 6.92 Å². The van der Waals surface area contributed by atoms with Crippen molar-refractivity contribution in [2.75, 3.05) is 11.9 Å². The molecule has 0 fully saturated rings. The summed E-state index contributed by atoms with van der Waals surface area (Å²) in [5, 5.41) is 2.63. The number of benzene rings is 2. The van der Waals surface area contributed by atoms with Gasteiger partial charge in [0, 0.05) is 16.2 Å². The second-order valence-corrected chi connectivity index (χ2v) is 5.23. The average Bonchev–Trinajstić information content (AvgIpc) is 2.42. The second kappa shape index (κ2) is 6.67.